The lowest BCUT2D eigenvalue weighted by atomic mass is 10.0. The van der Waals surface area contributed by atoms with Gasteiger partial charge in [-0.05, 0) is 76.6 Å². The van der Waals surface area contributed by atoms with E-state index in [1.165, 1.54) is 33.4 Å². The summed E-state index contributed by atoms with van der Waals surface area (Å²) in [7, 11) is -4.67. The second-order valence-corrected chi connectivity index (χ2v) is 8.57. The van der Waals surface area contributed by atoms with Gasteiger partial charge < -0.3 is 11.5 Å². The highest BCUT2D eigenvalue weighted by Gasteiger charge is 2.02. The molecule has 6 N–H and O–H groups in total. The molecule has 0 spiro atoms. The zero-order valence-corrected chi connectivity index (χ0v) is 19.1. The summed E-state index contributed by atoms with van der Waals surface area (Å²) in [4.78, 5) is 0. The minimum atomic E-state index is -4.67. The van der Waals surface area contributed by atoms with Crippen molar-refractivity contribution in [2.45, 2.75) is 66.5 Å². The zero-order valence-electron chi connectivity index (χ0n) is 18.3. The average Bonchev–Trinajstić information content (AvgIpc) is 2.52. The fourth-order valence-corrected chi connectivity index (χ4v) is 2.73. The van der Waals surface area contributed by atoms with Crippen molar-refractivity contribution in [3.63, 3.8) is 0 Å². The Morgan fingerprint density at radius 2 is 1.03 bits per heavy atom. The van der Waals surface area contributed by atoms with Gasteiger partial charge in [-0.2, -0.15) is 8.42 Å². The van der Waals surface area contributed by atoms with Crippen LogP contribution in [0, 0.1) is 27.7 Å². The molecule has 0 saturated heterocycles. The monoisotopic (exact) mass is 424 g/mol. The second kappa shape index (κ2) is 12.7. The molecule has 2 aromatic carbocycles. The van der Waals surface area contributed by atoms with Crippen molar-refractivity contribution < 1.29 is 17.5 Å². The molecule has 2 unspecified atom stereocenters. The molecule has 0 aromatic heterocycles. The van der Waals surface area contributed by atoms with Gasteiger partial charge >= 0.3 is 10.4 Å². The maximum atomic E-state index is 8.74. The summed E-state index contributed by atoms with van der Waals surface area (Å²) in [6, 6.07) is 13.5. The first-order valence-corrected chi connectivity index (χ1v) is 10.9. The van der Waals surface area contributed by atoms with Crippen LogP contribution >= 0.6 is 0 Å². The molecule has 0 bridgehead atoms. The first kappa shape index (κ1) is 27.2. The van der Waals surface area contributed by atoms with Crippen molar-refractivity contribution >= 4 is 10.4 Å². The van der Waals surface area contributed by atoms with Crippen molar-refractivity contribution in [3.8, 4) is 0 Å². The lowest BCUT2D eigenvalue weighted by molar-refractivity contribution is 0.381. The largest absolute Gasteiger partial charge is 0.394 e. The van der Waals surface area contributed by atoms with E-state index in [0.29, 0.717) is 0 Å². The summed E-state index contributed by atoms with van der Waals surface area (Å²) in [6.07, 6.45) is 1.96. The third-order valence-corrected chi connectivity index (χ3v) is 4.09. The van der Waals surface area contributed by atoms with Crippen LogP contribution in [-0.4, -0.2) is 29.6 Å². The highest BCUT2D eigenvalue weighted by atomic mass is 32.3. The third-order valence-electron chi connectivity index (χ3n) is 4.09. The van der Waals surface area contributed by atoms with Gasteiger partial charge in [-0.3, -0.25) is 9.11 Å². The van der Waals surface area contributed by atoms with E-state index in [9.17, 15) is 0 Å². The van der Waals surface area contributed by atoms with Gasteiger partial charge in [0.15, 0.2) is 0 Å². The predicted molar refractivity (Wildman–Crippen MR) is 121 cm³/mol. The van der Waals surface area contributed by atoms with Crippen LogP contribution in [0.15, 0.2) is 36.4 Å². The SMILES string of the molecule is Cc1ccc(C)c(CC(C)N)c1.Cc1ccc(C)c(CC(C)N)c1.O=S(=O)(O)O. The minimum absolute atomic E-state index is 0.255. The number of hydrogen-bond acceptors (Lipinski definition) is 4. The Morgan fingerprint density at radius 1 is 0.759 bits per heavy atom. The van der Waals surface area contributed by atoms with E-state index < -0.39 is 10.4 Å². The number of benzene rings is 2. The molecule has 0 aliphatic carbocycles. The quantitative estimate of drug-likeness (QED) is 0.554. The number of rotatable bonds is 4. The Bertz CT molecular complexity index is 798. The van der Waals surface area contributed by atoms with E-state index in [1.807, 2.05) is 13.8 Å². The highest BCUT2D eigenvalue weighted by Crippen LogP contribution is 2.12. The zero-order chi connectivity index (χ0) is 22.8. The lowest BCUT2D eigenvalue weighted by Gasteiger charge is -2.09. The van der Waals surface area contributed by atoms with Gasteiger partial charge in [0.25, 0.3) is 0 Å². The molecule has 7 heteroatoms. The summed E-state index contributed by atoms with van der Waals surface area (Å²) in [5.74, 6) is 0. The van der Waals surface area contributed by atoms with E-state index in [1.54, 1.807) is 0 Å². The number of nitrogens with two attached hydrogens (primary N) is 2. The molecule has 2 atom stereocenters. The maximum Gasteiger partial charge on any atom is 0.394 e. The highest BCUT2D eigenvalue weighted by molar-refractivity contribution is 7.79. The van der Waals surface area contributed by atoms with Gasteiger partial charge in [0, 0.05) is 12.1 Å². The van der Waals surface area contributed by atoms with Crippen molar-refractivity contribution in [1.29, 1.82) is 0 Å². The number of aryl methyl sites for hydroxylation is 4. The van der Waals surface area contributed by atoms with E-state index >= 15 is 0 Å². The normalized spacial score (nSPS) is 12.8. The molecule has 2 rings (SSSR count). The Kier molecular flexibility index (Phi) is 11.9. The Morgan fingerprint density at radius 3 is 1.28 bits per heavy atom. The van der Waals surface area contributed by atoms with Gasteiger partial charge in [-0.15, -0.1) is 0 Å². The summed E-state index contributed by atoms with van der Waals surface area (Å²) >= 11 is 0. The van der Waals surface area contributed by atoms with E-state index in [-0.39, 0.29) is 12.1 Å². The second-order valence-electron chi connectivity index (χ2n) is 7.67. The third kappa shape index (κ3) is 14.8. The summed E-state index contributed by atoms with van der Waals surface area (Å²) < 4.78 is 31.6. The molecule has 6 nitrogen and oxygen atoms in total. The lowest BCUT2D eigenvalue weighted by Crippen LogP contribution is -2.18. The van der Waals surface area contributed by atoms with Crippen molar-refractivity contribution in [1.82, 2.24) is 0 Å². The van der Waals surface area contributed by atoms with Crippen LogP contribution < -0.4 is 11.5 Å². The fourth-order valence-electron chi connectivity index (χ4n) is 2.73. The topological polar surface area (TPSA) is 127 Å². The molecule has 0 aliphatic rings. The Labute approximate surface area is 175 Å². The summed E-state index contributed by atoms with van der Waals surface area (Å²) in [5, 5.41) is 0. The fraction of sp³-hybridized carbons (Fsp3) is 0.455. The molecule has 29 heavy (non-hydrogen) atoms. The van der Waals surface area contributed by atoms with Crippen molar-refractivity contribution in [2.24, 2.45) is 11.5 Å². The Hall–Kier alpha value is -1.77. The van der Waals surface area contributed by atoms with Gasteiger partial charge in [0.1, 0.15) is 0 Å². The summed E-state index contributed by atoms with van der Waals surface area (Å²) in [5.41, 5.74) is 19.6. The smallest absolute Gasteiger partial charge is 0.328 e. The molecule has 0 radical (unpaired) electrons. The van der Waals surface area contributed by atoms with Gasteiger partial charge in [-0.25, -0.2) is 0 Å². The van der Waals surface area contributed by atoms with Crippen LogP contribution in [-0.2, 0) is 23.2 Å². The summed E-state index contributed by atoms with van der Waals surface area (Å²) in [6.45, 7) is 12.6. The molecular weight excluding hydrogens is 388 g/mol. The van der Waals surface area contributed by atoms with Crippen LogP contribution in [0.3, 0.4) is 0 Å². The predicted octanol–water partition coefficient (Wildman–Crippen LogP) is 3.73. The van der Waals surface area contributed by atoms with Crippen molar-refractivity contribution in [2.75, 3.05) is 0 Å². The van der Waals surface area contributed by atoms with Crippen molar-refractivity contribution in [3.05, 3.63) is 69.8 Å². The molecule has 0 fully saturated rings. The van der Waals surface area contributed by atoms with Crippen LogP contribution in [0.2, 0.25) is 0 Å². The van der Waals surface area contributed by atoms with Gasteiger partial charge in [0.05, 0.1) is 0 Å². The number of hydrogen-bond donors (Lipinski definition) is 4. The molecule has 0 saturated carbocycles. The first-order chi connectivity index (χ1) is 13.2. The van der Waals surface area contributed by atoms with E-state index in [2.05, 4.69) is 64.1 Å². The molecule has 0 amide bonds. The van der Waals surface area contributed by atoms with E-state index in [4.69, 9.17) is 29.0 Å². The average molecular weight is 425 g/mol. The Balaban J connectivity index is 0.000000442. The van der Waals surface area contributed by atoms with E-state index in [0.717, 1.165) is 12.8 Å². The standard InChI is InChI=1S/2C11H17N.H2O4S/c2*1-8-4-5-9(2)11(6-8)7-10(3)12;1-5(2,3)4/h2*4-6,10H,7,12H2,1-3H3;(H2,1,2,3,4). The molecular formula is C22H36N2O4S. The first-order valence-electron chi connectivity index (χ1n) is 9.52. The molecule has 2 aromatic rings. The van der Waals surface area contributed by atoms with Crippen LogP contribution in [0.5, 0.6) is 0 Å². The molecule has 0 aliphatic heterocycles. The minimum Gasteiger partial charge on any atom is -0.328 e. The molecule has 0 heterocycles. The van der Waals surface area contributed by atoms with Gasteiger partial charge in [0.2, 0.25) is 0 Å². The molecule has 164 valence electrons. The maximum absolute atomic E-state index is 8.74. The van der Waals surface area contributed by atoms with Crippen LogP contribution in [0.25, 0.3) is 0 Å². The van der Waals surface area contributed by atoms with Crippen LogP contribution in [0.1, 0.15) is 47.2 Å². The van der Waals surface area contributed by atoms with Gasteiger partial charge in [-0.1, -0.05) is 47.5 Å². The van der Waals surface area contributed by atoms with Crippen LogP contribution in [0.4, 0.5) is 0 Å².